The minimum absolute atomic E-state index is 0.0427. The standard InChI is InChI=1S/C9H12N2O4S/c12-8(10-5-1-2-16-4-5)7-3-6(9(13)14)11-15-7/h5,7H,1-4H2,(H,10,12)(H,13,14). The number of aliphatic carboxylic acids is 1. The van der Waals surface area contributed by atoms with E-state index in [0.29, 0.717) is 0 Å². The maximum Gasteiger partial charge on any atom is 0.353 e. The molecule has 1 amide bonds. The molecule has 0 radical (unpaired) electrons. The first-order chi connectivity index (χ1) is 7.66. The van der Waals surface area contributed by atoms with Crippen LogP contribution in [0, 0.1) is 0 Å². The van der Waals surface area contributed by atoms with E-state index in [-0.39, 0.29) is 24.1 Å². The quantitative estimate of drug-likeness (QED) is 0.720. The Bertz CT molecular complexity index is 338. The van der Waals surface area contributed by atoms with Crippen LogP contribution in [-0.4, -0.2) is 46.3 Å². The van der Waals surface area contributed by atoms with E-state index in [1.165, 1.54) is 0 Å². The third-order valence-corrected chi connectivity index (χ3v) is 3.65. The van der Waals surface area contributed by atoms with Gasteiger partial charge in [0.25, 0.3) is 5.91 Å². The van der Waals surface area contributed by atoms with Crippen LogP contribution in [-0.2, 0) is 14.4 Å². The second-order valence-electron chi connectivity index (χ2n) is 3.71. The molecule has 1 saturated heterocycles. The van der Waals surface area contributed by atoms with E-state index in [2.05, 4.69) is 10.5 Å². The number of nitrogens with one attached hydrogen (secondary N) is 1. The third-order valence-electron chi connectivity index (χ3n) is 2.48. The monoisotopic (exact) mass is 244 g/mol. The van der Waals surface area contributed by atoms with Crippen molar-refractivity contribution in [2.75, 3.05) is 11.5 Å². The van der Waals surface area contributed by atoms with Crippen LogP contribution in [0.25, 0.3) is 0 Å². The summed E-state index contributed by atoms with van der Waals surface area (Å²) >= 11 is 1.79. The van der Waals surface area contributed by atoms with Crippen LogP contribution in [0.3, 0.4) is 0 Å². The van der Waals surface area contributed by atoms with Crippen molar-refractivity contribution >= 4 is 29.4 Å². The first-order valence-corrected chi connectivity index (χ1v) is 6.16. The van der Waals surface area contributed by atoms with Crippen LogP contribution in [0.4, 0.5) is 0 Å². The van der Waals surface area contributed by atoms with Gasteiger partial charge in [-0.2, -0.15) is 11.8 Å². The molecule has 0 saturated carbocycles. The Kier molecular flexibility index (Phi) is 3.33. The fourth-order valence-corrected chi connectivity index (χ4v) is 2.74. The van der Waals surface area contributed by atoms with Gasteiger partial charge in [0.1, 0.15) is 0 Å². The van der Waals surface area contributed by atoms with Crippen LogP contribution >= 0.6 is 11.8 Å². The highest BCUT2D eigenvalue weighted by molar-refractivity contribution is 7.99. The molecule has 88 valence electrons. The SMILES string of the molecule is O=C(O)C1=NOC(C(=O)NC2CCSC2)C1. The summed E-state index contributed by atoms with van der Waals surface area (Å²) in [7, 11) is 0. The molecule has 0 aliphatic carbocycles. The number of rotatable bonds is 3. The number of amides is 1. The lowest BCUT2D eigenvalue weighted by Crippen LogP contribution is -2.41. The Labute approximate surface area is 96.4 Å². The fraction of sp³-hybridized carbons (Fsp3) is 0.667. The molecule has 0 aromatic rings. The van der Waals surface area contributed by atoms with Crippen molar-refractivity contribution in [2.24, 2.45) is 5.16 Å². The lowest BCUT2D eigenvalue weighted by atomic mass is 10.1. The van der Waals surface area contributed by atoms with Crippen LogP contribution in [0.5, 0.6) is 0 Å². The molecule has 7 heteroatoms. The second kappa shape index (κ2) is 4.73. The Morgan fingerprint density at radius 3 is 2.94 bits per heavy atom. The minimum atomic E-state index is -1.13. The normalized spacial score (nSPS) is 28.4. The first-order valence-electron chi connectivity index (χ1n) is 5.01. The van der Waals surface area contributed by atoms with Gasteiger partial charge in [-0.05, 0) is 12.2 Å². The molecule has 2 rings (SSSR count). The number of carbonyl (C=O) groups excluding carboxylic acids is 1. The zero-order valence-corrected chi connectivity index (χ0v) is 9.33. The number of nitrogens with zero attached hydrogens (tertiary/aromatic N) is 1. The molecule has 6 nitrogen and oxygen atoms in total. The predicted octanol–water partition coefficient (Wildman–Crippen LogP) is -0.162. The van der Waals surface area contributed by atoms with Gasteiger partial charge in [0.05, 0.1) is 0 Å². The highest BCUT2D eigenvalue weighted by atomic mass is 32.2. The minimum Gasteiger partial charge on any atom is -0.477 e. The van der Waals surface area contributed by atoms with E-state index in [4.69, 9.17) is 9.94 Å². The van der Waals surface area contributed by atoms with E-state index in [9.17, 15) is 9.59 Å². The summed E-state index contributed by atoms with van der Waals surface area (Å²) in [5.41, 5.74) is -0.0963. The Morgan fingerprint density at radius 2 is 2.38 bits per heavy atom. The van der Waals surface area contributed by atoms with Crippen molar-refractivity contribution in [3.05, 3.63) is 0 Å². The fourth-order valence-electron chi connectivity index (χ4n) is 1.59. The zero-order chi connectivity index (χ0) is 11.5. The molecular weight excluding hydrogens is 232 g/mol. The molecule has 2 aliphatic heterocycles. The summed E-state index contributed by atoms with van der Waals surface area (Å²) < 4.78 is 0. The molecule has 2 heterocycles. The van der Waals surface area contributed by atoms with E-state index in [1.54, 1.807) is 11.8 Å². The average molecular weight is 244 g/mol. The Morgan fingerprint density at radius 1 is 1.56 bits per heavy atom. The van der Waals surface area contributed by atoms with Gasteiger partial charge in [-0.3, -0.25) is 4.79 Å². The van der Waals surface area contributed by atoms with Crippen LogP contribution in [0.2, 0.25) is 0 Å². The van der Waals surface area contributed by atoms with Gasteiger partial charge in [-0.25, -0.2) is 4.79 Å². The van der Waals surface area contributed by atoms with E-state index >= 15 is 0 Å². The van der Waals surface area contributed by atoms with Gasteiger partial charge in [-0.1, -0.05) is 5.16 Å². The van der Waals surface area contributed by atoms with Gasteiger partial charge in [0.15, 0.2) is 5.71 Å². The zero-order valence-electron chi connectivity index (χ0n) is 8.51. The number of carbonyl (C=O) groups is 2. The summed E-state index contributed by atoms with van der Waals surface area (Å²) in [5, 5.41) is 14.8. The molecule has 0 aromatic heterocycles. The third kappa shape index (κ3) is 2.46. The van der Waals surface area contributed by atoms with Crippen LogP contribution in [0.15, 0.2) is 5.16 Å². The molecule has 0 aromatic carbocycles. The Hall–Kier alpha value is -1.24. The molecule has 0 spiro atoms. The molecule has 0 bridgehead atoms. The molecule has 2 unspecified atom stereocenters. The van der Waals surface area contributed by atoms with Crippen molar-refractivity contribution in [2.45, 2.75) is 25.0 Å². The summed E-state index contributed by atoms with van der Waals surface area (Å²) in [6.45, 7) is 0. The van der Waals surface area contributed by atoms with Gasteiger partial charge >= 0.3 is 5.97 Å². The average Bonchev–Trinajstić information content (AvgIpc) is 2.86. The highest BCUT2D eigenvalue weighted by Gasteiger charge is 2.32. The lowest BCUT2D eigenvalue weighted by molar-refractivity contribution is -0.131. The number of hydrogen-bond acceptors (Lipinski definition) is 5. The summed E-state index contributed by atoms with van der Waals surface area (Å²) in [4.78, 5) is 27.0. The lowest BCUT2D eigenvalue weighted by Gasteiger charge is -2.13. The van der Waals surface area contributed by atoms with Gasteiger partial charge < -0.3 is 15.3 Å². The molecule has 2 aliphatic rings. The maximum absolute atomic E-state index is 11.7. The van der Waals surface area contributed by atoms with Gasteiger partial charge in [0, 0.05) is 18.2 Å². The number of carboxylic acids is 1. The number of hydrogen-bond donors (Lipinski definition) is 2. The van der Waals surface area contributed by atoms with E-state index < -0.39 is 12.1 Å². The molecular formula is C9H12N2O4S. The van der Waals surface area contributed by atoms with Crippen molar-refractivity contribution in [3.8, 4) is 0 Å². The van der Waals surface area contributed by atoms with E-state index in [1.807, 2.05) is 0 Å². The molecule has 16 heavy (non-hydrogen) atoms. The molecule has 2 atom stereocenters. The van der Waals surface area contributed by atoms with Crippen LogP contribution < -0.4 is 5.32 Å². The largest absolute Gasteiger partial charge is 0.477 e. The molecule has 1 fully saturated rings. The second-order valence-corrected chi connectivity index (χ2v) is 4.86. The van der Waals surface area contributed by atoms with Crippen molar-refractivity contribution in [1.29, 1.82) is 0 Å². The van der Waals surface area contributed by atoms with Crippen LogP contribution in [0.1, 0.15) is 12.8 Å². The first kappa shape index (κ1) is 11.3. The predicted molar refractivity (Wildman–Crippen MR) is 58.4 cm³/mol. The smallest absolute Gasteiger partial charge is 0.353 e. The van der Waals surface area contributed by atoms with Crippen molar-refractivity contribution < 1.29 is 19.5 Å². The van der Waals surface area contributed by atoms with E-state index in [0.717, 1.165) is 17.9 Å². The number of oxime groups is 1. The van der Waals surface area contributed by atoms with Crippen molar-refractivity contribution in [3.63, 3.8) is 0 Å². The number of thioether (sulfide) groups is 1. The van der Waals surface area contributed by atoms with Gasteiger partial charge in [-0.15, -0.1) is 0 Å². The molecule has 2 N–H and O–H groups in total. The Balaban J connectivity index is 1.81. The van der Waals surface area contributed by atoms with Gasteiger partial charge in [0.2, 0.25) is 6.10 Å². The summed E-state index contributed by atoms with van der Waals surface area (Å²) in [5.74, 6) is 0.553. The maximum atomic E-state index is 11.7. The summed E-state index contributed by atoms with van der Waals surface area (Å²) in [6.07, 6.45) is 0.216. The number of carboxylic acid groups (broad SMARTS) is 1. The topological polar surface area (TPSA) is 88.0 Å². The highest BCUT2D eigenvalue weighted by Crippen LogP contribution is 2.18. The summed E-state index contributed by atoms with van der Waals surface area (Å²) in [6, 6.07) is 0.176. The van der Waals surface area contributed by atoms with Crippen molar-refractivity contribution in [1.82, 2.24) is 5.32 Å².